The first kappa shape index (κ1) is 54.8. The minimum atomic E-state index is -1.01. The second kappa shape index (κ2) is 28.5. The fourth-order valence-electron chi connectivity index (χ4n) is 8.35. The van der Waals surface area contributed by atoms with Crippen LogP contribution in [-0.4, -0.2) is 170 Å². The summed E-state index contributed by atoms with van der Waals surface area (Å²) in [6.45, 7) is 12.6. The predicted octanol–water partition coefficient (Wildman–Crippen LogP) is 2.15. The van der Waals surface area contributed by atoms with Gasteiger partial charge in [-0.05, 0) is 103 Å². The van der Waals surface area contributed by atoms with Crippen molar-refractivity contribution in [2.75, 3.05) is 66.6 Å². The topological polar surface area (TPSA) is 182 Å². The fourth-order valence-corrected chi connectivity index (χ4v) is 8.35. The van der Waals surface area contributed by atoms with Gasteiger partial charge in [0.25, 0.3) is 0 Å². The van der Waals surface area contributed by atoms with E-state index in [0.717, 1.165) is 36.8 Å². The SMILES string of the molecule is CN[C@@H](C)C(=O)N[C@H](C(=O)N1CCC[C@H]1CN(CCc1ccccc1)C(C)=O)[C@@H](C)OCC#CC#CCO[C@H](C)[C@H](NC(=O)[C@H](C)NC)C(=O)N1CCC[C@H]1CN(CCc1ccccc1)C(C)=O. The van der Waals surface area contributed by atoms with Crippen molar-refractivity contribution in [3.05, 3.63) is 71.8 Å². The van der Waals surface area contributed by atoms with E-state index < -0.39 is 36.4 Å². The molecule has 4 rings (SSSR count). The summed E-state index contributed by atoms with van der Waals surface area (Å²) in [5, 5.41) is 11.6. The van der Waals surface area contributed by atoms with Crippen LogP contribution in [0.3, 0.4) is 0 Å². The largest absolute Gasteiger partial charge is 0.363 e. The molecule has 6 amide bonds. The van der Waals surface area contributed by atoms with Crippen molar-refractivity contribution in [3.63, 3.8) is 0 Å². The molecule has 0 aliphatic carbocycles. The molecule has 0 radical (unpaired) electrons. The molecule has 2 fully saturated rings. The van der Waals surface area contributed by atoms with Gasteiger partial charge in [-0.15, -0.1) is 0 Å². The van der Waals surface area contributed by atoms with Gasteiger partial charge in [0.2, 0.25) is 35.4 Å². The molecular formula is C52H74N8O8. The number of hydrogen-bond acceptors (Lipinski definition) is 10. The van der Waals surface area contributed by atoms with E-state index in [2.05, 4.69) is 44.9 Å². The first-order valence-electron chi connectivity index (χ1n) is 24.0. The molecule has 2 saturated heterocycles. The Morgan fingerprint density at radius 1 is 0.618 bits per heavy atom. The molecule has 2 aromatic carbocycles. The Morgan fingerprint density at radius 2 is 0.985 bits per heavy atom. The van der Waals surface area contributed by atoms with Crippen LogP contribution >= 0.6 is 0 Å². The number of likely N-dealkylation sites (N-methyl/N-ethyl adjacent to an activating group) is 2. The average molecular weight is 939 g/mol. The molecule has 16 nitrogen and oxygen atoms in total. The van der Waals surface area contributed by atoms with Gasteiger partial charge in [0.1, 0.15) is 25.3 Å². The van der Waals surface area contributed by atoms with Crippen molar-refractivity contribution in [3.8, 4) is 23.7 Å². The van der Waals surface area contributed by atoms with Crippen LogP contribution in [0.1, 0.15) is 78.4 Å². The van der Waals surface area contributed by atoms with Crippen LogP contribution < -0.4 is 21.3 Å². The van der Waals surface area contributed by atoms with E-state index in [1.54, 1.807) is 75.2 Å². The molecule has 0 unspecified atom stereocenters. The van der Waals surface area contributed by atoms with Crippen molar-refractivity contribution in [1.82, 2.24) is 40.9 Å². The predicted molar refractivity (Wildman–Crippen MR) is 262 cm³/mol. The Morgan fingerprint density at radius 3 is 1.32 bits per heavy atom. The highest BCUT2D eigenvalue weighted by atomic mass is 16.5. The van der Waals surface area contributed by atoms with Crippen LogP contribution in [0.4, 0.5) is 0 Å². The van der Waals surface area contributed by atoms with Gasteiger partial charge in [0.15, 0.2) is 0 Å². The lowest BCUT2D eigenvalue weighted by Crippen LogP contribution is -2.58. The van der Waals surface area contributed by atoms with Gasteiger partial charge >= 0.3 is 0 Å². The van der Waals surface area contributed by atoms with Crippen LogP contribution in [0, 0.1) is 23.7 Å². The van der Waals surface area contributed by atoms with Gasteiger partial charge in [0.05, 0.1) is 24.3 Å². The van der Waals surface area contributed by atoms with Crippen molar-refractivity contribution >= 4 is 35.4 Å². The number of benzene rings is 2. The van der Waals surface area contributed by atoms with Crippen LogP contribution in [0.5, 0.6) is 0 Å². The lowest BCUT2D eigenvalue weighted by Gasteiger charge is -2.34. The molecule has 16 heteroatoms. The first-order chi connectivity index (χ1) is 32.6. The lowest BCUT2D eigenvalue weighted by atomic mass is 10.1. The van der Waals surface area contributed by atoms with Gasteiger partial charge in [-0.25, -0.2) is 0 Å². The summed E-state index contributed by atoms with van der Waals surface area (Å²) in [6, 6.07) is 16.3. The minimum Gasteiger partial charge on any atom is -0.363 e. The maximum absolute atomic E-state index is 14.2. The van der Waals surface area contributed by atoms with E-state index in [9.17, 15) is 28.8 Å². The van der Waals surface area contributed by atoms with Crippen molar-refractivity contribution in [2.45, 2.75) is 129 Å². The van der Waals surface area contributed by atoms with Crippen molar-refractivity contribution in [1.29, 1.82) is 0 Å². The molecule has 2 heterocycles. The zero-order chi connectivity index (χ0) is 49.6. The van der Waals surface area contributed by atoms with Crippen molar-refractivity contribution < 1.29 is 38.2 Å². The number of nitrogens with one attached hydrogen (secondary N) is 4. The number of ether oxygens (including phenoxy) is 2. The van der Waals surface area contributed by atoms with Gasteiger partial charge in [-0.1, -0.05) is 72.5 Å². The molecule has 370 valence electrons. The number of nitrogens with zero attached hydrogens (tertiary/aromatic N) is 4. The third-order valence-corrected chi connectivity index (χ3v) is 12.9. The number of rotatable bonds is 24. The molecule has 0 saturated carbocycles. The Bertz CT molecular complexity index is 1940. The molecule has 2 aliphatic heterocycles. The van der Waals surface area contributed by atoms with E-state index in [0.29, 0.717) is 52.1 Å². The molecule has 68 heavy (non-hydrogen) atoms. The van der Waals surface area contributed by atoms with Crippen LogP contribution in [0.15, 0.2) is 60.7 Å². The summed E-state index contributed by atoms with van der Waals surface area (Å²) in [5.41, 5.74) is 2.25. The molecule has 4 N–H and O–H groups in total. The summed E-state index contributed by atoms with van der Waals surface area (Å²) < 4.78 is 12.0. The Kier molecular flexibility index (Phi) is 23.0. The average Bonchev–Trinajstić information content (AvgIpc) is 4.02. The number of carbonyl (C=O) groups is 6. The molecular weight excluding hydrogens is 865 g/mol. The van der Waals surface area contributed by atoms with E-state index in [4.69, 9.17) is 9.47 Å². The highest BCUT2D eigenvalue weighted by Gasteiger charge is 2.40. The number of carbonyl (C=O) groups excluding carboxylic acids is 6. The number of likely N-dealkylation sites (tertiary alicyclic amines) is 2. The Balaban J connectivity index is 1.36. The summed E-state index contributed by atoms with van der Waals surface area (Å²) >= 11 is 0. The van der Waals surface area contributed by atoms with Gasteiger partial charge in [-0.2, -0.15) is 0 Å². The second-order valence-electron chi connectivity index (χ2n) is 17.7. The van der Waals surface area contributed by atoms with Gasteiger partial charge < -0.3 is 50.3 Å². The van der Waals surface area contributed by atoms with Crippen LogP contribution in [0.25, 0.3) is 0 Å². The van der Waals surface area contributed by atoms with Crippen molar-refractivity contribution in [2.24, 2.45) is 0 Å². The van der Waals surface area contributed by atoms with Gasteiger partial charge in [-0.3, -0.25) is 28.8 Å². The third kappa shape index (κ3) is 17.1. The molecule has 8 atom stereocenters. The Labute approximate surface area is 404 Å². The monoisotopic (exact) mass is 939 g/mol. The van der Waals surface area contributed by atoms with E-state index >= 15 is 0 Å². The van der Waals surface area contributed by atoms with Gasteiger partial charge in [0, 0.05) is 65.2 Å². The maximum Gasteiger partial charge on any atom is 0.248 e. The highest BCUT2D eigenvalue weighted by Crippen LogP contribution is 2.23. The smallest absolute Gasteiger partial charge is 0.248 e. The van der Waals surface area contributed by atoms with E-state index in [1.165, 1.54) is 0 Å². The molecule has 0 spiro atoms. The van der Waals surface area contributed by atoms with E-state index in [1.807, 2.05) is 60.7 Å². The third-order valence-electron chi connectivity index (χ3n) is 12.9. The molecule has 2 aliphatic rings. The summed E-state index contributed by atoms with van der Waals surface area (Å²) in [4.78, 5) is 87.2. The van der Waals surface area contributed by atoms with Crippen LogP contribution in [-0.2, 0) is 51.1 Å². The second-order valence-corrected chi connectivity index (χ2v) is 17.7. The minimum absolute atomic E-state index is 0.0638. The van der Waals surface area contributed by atoms with E-state index in [-0.39, 0.29) is 60.7 Å². The summed E-state index contributed by atoms with van der Waals surface area (Å²) in [6.07, 6.45) is 2.89. The lowest BCUT2D eigenvalue weighted by molar-refractivity contribution is -0.142. The normalized spacial score (nSPS) is 18.1. The van der Waals surface area contributed by atoms with Crippen LogP contribution in [0.2, 0.25) is 0 Å². The summed E-state index contributed by atoms with van der Waals surface area (Å²) in [5.74, 6) is 9.78. The zero-order valence-corrected chi connectivity index (χ0v) is 41.3. The molecule has 0 bridgehead atoms. The quantitative estimate of drug-likeness (QED) is 0.114. The number of amides is 6. The highest BCUT2D eigenvalue weighted by molar-refractivity contribution is 5.91. The Hall–Kier alpha value is -5.78. The summed E-state index contributed by atoms with van der Waals surface area (Å²) in [7, 11) is 3.33. The molecule has 0 aromatic heterocycles. The molecule has 2 aromatic rings. The first-order valence-corrected chi connectivity index (χ1v) is 24.0. The zero-order valence-electron chi connectivity index (χ0n) is 41.3. The maximum atomic E-state index is 14.2. The standard InChI is InChI=1S/C52H74N8O8/c1-37(53-7)49(63)55-47(51(65)59-29-19-25-45(59)35-57(41(5)61)31-27-43-21-13-11-14-22-43)39(3)67-33-17-9-10-18-34-68-40(4)48(56-50(64)38(2)54-8)52(66)60-30-20-26-46(60)36-58(42(6)62)32-28-44-23-15-12-16-24-44/h11-16,21-24,37-40,45-48,53-54H,19-20,25-36H2,1-8H3,(H,55,63)(H,56,64)/t37-,38-,39+,40+,45-,46-,47-,48-/m0/s1. The fraction of sp³-hybridized carbons (Fsp3) is 0.577. The number of hydrogen-bond donors (Lipinski definition) is 4.